The van der Waals surface area contributed by atoms with Crippen molar-refractivity contribution >= 4 is 68.6 Å². The Hall–Kier alpha value is -6.62. The van der Waals surface area contributed by atoms with Gasteiger partial charge in [0.15, 0.2) is 0 Å². The molecular formula is C49H50ClFN8O7. The summed E-state index contributed by atoms with van der Waals surface area (Å²) < 4.78 is 23.8. The van der Waals surface area contributed by atoms with Crippen molar-refractivity contribution in [3.63, 3.8) is 0 Å². The minimum Gasteiger partial charge on any atom is -0.493 e. The Labute approximate surface area is 385 Å². The number of aromatic carboxylic acids is 1. The number of rotatable bonds is 14. The molecule has 4 aromatic carbocycles. The van der Waals surface area contributed by atoms with E-state index in [0.717, 1.165) is 44.2 Å². The maximum absolute atomic E-state index is 13.9. The van der Waals surface area contributed by atoms with Gasteiger partial charge < -0.3 is 24.6 Å². The average molecular weight is 917 g/mol. The minimum absolute atomic E-state index is 0.130. The van der Waals surface area contributed by atoms with Gasteiger partial charge in [0.25, 0.3) is 5.91 Å². The lowest BCUT2D eigenvalue weighted by Gasteiger charge is -2.34. The third-order valence-corrected chi connectivity index (χ3v) is 13.5. The lowest BCUT2D eigenvalue weighted by molar-refractivity contribution is -0.137. The van der Waals surface area contributed by atoms with Gasteiger partial charge >= 0.3 is 5.97 Å². The van der Waals surface area contributed by atoms with Crippen molar-refractivity contribution in [2.45, 2.75) is 58.7 Å². The summed E-state index contributed by atoms with van der Waals surface area (Å²) in [4.78, 5) is 70.2. The highest BCUT2D eigenvalue weighted by Gasteiger charge is 2.40. The number of piperazine rings is 1. The SMILES string of the molecule is Cc1nn(C)c(C)c1-c1c(Cl)ccc2c(CCCOc3cccc4cc(F)ccc34)c(C(=O)O)n(CCN3CCN(CC(=O)Nc4cccc5c4CN(C4CCC(=O)NC4=O)C5=O)CC3)c12. The van der Waals surface area contributed by atoms with Crippen LogP contribution in [-0.2, 0) is 40.9 Å². The summed E-state index contributed by atoms with van der Waals surface area (Å²) in [6, 6.07) is 18.2. The summed E-state index contributed by atoms with van der Waals surface area (Å²) in [6.07, 6.45) is 1.33. The lowest BCUT2D eigenvalue weighted by atomic mass is 9.98. The Kier molecular flexibility index (Phi) is 12.4. The number of aryl methyl sites for hydroxylation is 3. The number of nitrogens with zero attached hydrogens (tertiary/aromatic N) is 6. The van der Waals surface area contributed by atoms with Crippen LogP contribution in [0.5, 0.6) is 5.75 Å². The number of nitrogens with one attached hydrogen (secondary N) is 2. The van der Waals surface area contributed by atoms with Crippen molar-refractivity contribution in [1.29, 1.82) is 0 Å². The molecule has 15 nitrogen and oxygen atoms in total. The smallest absolute Gasteiger partial charge is 0.352 e. The van der Waals surface area contributed by atoms with E-state index >= 15 is 0 Å². The van der Waals surface area contributed by atoms with Crippen molar-refractivity contribution in [3.8, 4) is 16.9 Å². The van der Waals surface area contributed by atoms with Crippen molar-refractivity contribution in [3.05, 3.63) is 111 Å². The Bertz CT molecular complexity index is 2960. The molecule has 1 unspecified atom stereocenters. The zero-order valence-electron chi connectivity index (χ0n) is 37.0. The molecule has 5 heterocycles. The number of carboxylic acids is 1. The second kappa shape index (κ2) is 18.3. The summed E-state index contributed by atoms with van der Waals surface area (Å²) >= 11 is 7.06. The number of benzene rings is 4. The van der Waals surface area contributed by atoms with Gasteiger partial charge in [0.05, 0.1) is 29.4 Å². The van der Waals surface area contributed by atoms with Crippen molar-refractivity contribution in [2.24, 2.45) is 7.05 Å². The van der Waals surface area contributed by atoms with Crippen LogP contribution >= 0.6 is 11.6 Å². The second-order valence-electron chi connectivity index (χ2n) is 17.2. The minimum atomic E-state index is -1.05. The number of carboxylic acid groups (broad SMARTS) is 1. The zero-order chi connectivity index (χ0) is 46.4. The van der Waals surface area contributed by atoms with Crippen molar-refractivity contribution in [2.75, 3.05) is 51.2 Å². The highest BCUT2D eigenvalue weighted by atomic mass is 35.5. The Morgan fingerprint density at radius 2 is 1.71 bits per heavy atom. The molecular weight excluding hydrogens is 867 g/mol. The molecule has 3 N–H and O–H groups in total. The number of imide groups is 1. The third-order valence-electron chi connectivity index (χ3n) is 13.2. The first-order valence-corrected chi connectivity index (χ1v) is 22.5. The molecule has 1 atom stereocenters. The highest BCUT2D eigenvalue weighted by Crippen LogP contribution is 2.42. The fourth-order valence-electron chi connectivity index (χ4n) is 9.88. The van der Waals surface area contributed by atoms with Gasteiger partial charge in [0.2, 0.25) is 17.7 Å². The summed E-state index contributed by atoms with van der Waals surface area (Å²) in [5.41, 5.74) is 6.45. The molecule has 4 amide bonds. The lowest BCUT2D eigenvalue weighted by Crippen LogP contribution is -2.52. The number of hydrogen-bond donors (Lipinski definition) is 3. The van der Waals surface area contributed by atoms with Gasteiger partial charge in [-0.05, 0) is 86.5 Å². The van der Waals surface area contributed by atoms with E-state index in [1.165, 1.54) is 17.0 Å². The number of piperidine rings is 1. The van der Waals surface area contributed by atoms with E-state index in [9.17, 15) is 33.5 Å². The van der Waals surface area contributed by atoms with Crippen LogP contribution in [0.25, 0.3) is 32.8 Å². The number of amides is 4. The molecule has 6 aromatic rings. The number of carbonyl (C=O) groups excluding carboxylic acids is 4. The molecule has 3 aliphatic rings. The number of hydrogen-bond acceptors (Lipinski definition) is 9. The second-order valence-corrected chi connectivity index (χ2v) is 17.7. The molecule has 0 spiro atoms. The van der Waals surface area contributed by atoms with E-state index in [2.05, 4.69) is 25.5 Å². The quantitative estimate of drug-likeness (QED) is 0.0829. The molecule has 9 rings (SSSR count). The summed E-state index contributed by atoms with van der Waals surface area (Å²) in [6.45, 7) is 7.87. The molecule has 0 bridgehead atoms. The van der Waals surface area contributed by atoms with Crippen LogP contribution in [0.4, 0.5) is 10.1 Å². The monoisotopic (exact) mass is 916 g/mol. The first-order valence-electron chi connectivity index (χ1n) is 22.2. The molecule has 17 heteroatoms. The summed E-state index contributed by atoms with van der Waals surface area (Å²) in [5, 5.41) is 23.7. The van der Waals surface area contributed by atoms with E-state index in [1.54, 1.807) is 28.9 Å². The Balaban J connectivity index is 0.894. The molecule has 3 aliphatic heterocycles. The van der Waals surface area contributed by atoms with E-state index in [-0.39, 0.29) is 55.2 Å². The van der Waals surface area contributed by atoms with Gasteiger partial charge in [-0.3, -0.25) is 39.0 Å². The van der Waals surface area contributed by atoms with Gasteiger partial charge in [-0.25, -0.2) is 9.18 Å². The number of carbonyl (C=O) groups is 5. The van der Waals surface area contributed by atoms with Crippen molar-refractivity contribution < 1.29 is 38.2 Å². The number of fused-ring (bicyclic) bond motifs is 3. The van der Waals surface area contributed by atoms with Gasteiger partial charge in [0, 0.05) is 104 Å². The Morgan fingerprint density at radius 3 is 2.45 bits per heavy atom. The van der Waals surface area contributed by atoms with Crippen LogP contribution in [0.15, 0.2) is 66.7 Å². The summed E-state index contributed by atoms with van der Waals surface area (Å²) in [5.74, 6) is -2.14. The molecule has 2 aromatic heterocycles. The van der Waals surface area contributed by atoms with Crippen LogP contribution in [0.2, 0.25) is 5.02 Å². The maximum atomic E-state index is 13.9. The van der Waals surface area contributed by atoms with E-state index in [4.69, 9.17) is 16.3 Å². The molecule has 342 valence electrons. The number of ether oxygens (including phenoxy) is 1. The zero-order valence-corrected chi connectivity index (χ0v) is 37.7. The fourth-order valence-corrected chi connectivity index (χ4v) is 10.1. The van der Waals surface area contributed by atoms with Crippen LogP contribution in [-0.4, -0.2) is 116 Å². The summed E-state index contributed by atoms with van der Waals surface area (Å²) in [7, 11) is 1.87. The van der Waals surface area contributed by atoms with E-state index in [1.807, 2.05) is 55.8 Å². The van der Waals surface area contributed by atoms with Gasteiger partial charge in [-0.15, -0.1) is 0 Å². The first kappa shape index (κ1) is 44.6. The van der Waals surface area contributed by atoms with Crippen LogP contribution in [0.1, 0.15) is 62.6 Å². The number of aromatic nitrogens is 3. The third kappa shape index (κ3) is 8.51. The van der Waals surface area contributed by atoms with E-state index in [0.29, 0.717) is 91.9 Å². The predicted octanol–water partition coefficient (Wildman–Crippen LogP) is 6.33. The molecule has 0 aliphatic carbocycles. The van der Waals surface area contributed by atoms with E-state index < -0.39 is 17.9 Å². The molecule has 0 saturated carbocycles. The standard InChI is InChI=1S/C49H50ClFN8O7/c1-28-43(29(2)55(3)54-28)44-37(50)15-14-34-33(9-6-24-66-40-11-4-7-30-25-31(51)12-13-32(30)40)46(49(64)65)58(45(34)44)23-22-56-18-20-57(21-19-56)27-42(61)52-38-10-5-8-35-36(38)26-59(48(35)63)39-16-17-41(60)53-47(39)62/h4-5,7-8,10-15,25,39H,6,9,16-24,26-27H2,1-3H3,(H,52,61)(H,64,65)(H,53,60,62). The number of anilines is 1. The normalized spacial score (nSPS) is 16.9. The Morgan fingerprint density at radius 1 is 0.955 bits per heavy atom. The van der Waals surface area contributed by atoms with Crippen LogP contribution < -0.4 is 15.4 Å². The predicted molar refractivity (Wildman–Crippen MR) is 247 cm³/mol. The van der Waals surface area contributed by atoms with Gasteiger partial charge in [-0.1, -0.05) is 35.9 Å². The highest BCUT2D eigenvalue weighted by molar-refractivity contribution is 6.35. The maximum Gasteiger partial charge on any atom is 0.352 e. The topological polar surface area (TPSA) is 171 Å². The molecule has 0 radical (unpaired) electrons. The van der Waals surface area contributed by atoms with Crippen LogP contribution in [0.3, 0.4) is 0 Å². The first-order chi connectivity index (χ1) is 31.8. The number of halogens is 2. The van der Waals surface area contributed by atoms with Crippen LogP contribution in [0, 0.1) is 19.7 Å². The van der Waals surface area contributed by atoms with Gasteiger partial charge in [-0.2, -0.15) is 5.10 Å². The fraction of sp³-hybridized carbons (Fsp3) is 0.347. The molecule has 66 heavy (non-hydrogen) atoms. The largest absolute Gasteiger partial charge is 0.493 e. The molecule has 2 fully saturated rings. The molecule has 2 saturated heterocycles. The van der Waals surface area contributed by atoms with Gasteiger partial charge in [0.1, 0.15) is 23.3 Å². The average Bonchev–Trinajstić information content (AvgIpc) is 3.88. The van der Waals surface area contributed by atoms with Crippen molar-refractivity contribution in [1.82, 2.24) is 34.4 Å².